The van der Waals surface area contributed by atoms with Crippen LogP contribution in [0.1, 0.15) is 5.56 Å². The zero-order valence-corrected chi connectivity index (χ0v) is 5.02. The Bertz CT molecular complexity index is 197. The quantitative estimate of drug-likeness (QED) is 0.536. The van der Waals surface area contributed by atoms with Gasteiger partial charge in [-0.25, -0.2) is 5.43 Å². The van der Waals surface area contributed by atoms with Crippen LogP contribution in [-0.4, -0.2) is 0 Å². The molecule has 0 saturated carbocycles. The smallest absolute Gasteiger partial charge is 0.0533 e. The van der Waals surface area contributed by atoms with Crippen LogP contribution in [0.3, 0.4) is 0 Å². The molecule has 1 aromatic carbocycles. The van der Waals surface area contributed by atoms with E-state index in [0.29, 0.717) is 0 Å². The third-order valence-corrected chi connectivity index (χ3v) is 1.52. The second-order valence-electron chi connectivity index (χ2n) is 2.14. The molecule has 1 aromatic rings. The summed E-state index contributed by atoms with van der Waals surface area (Å²) in [6, 6.07) is 8.25. The van der Waals surface area contributed by atoms with Gasteiger partial charge in [0.2, 0.25) is 0 Å². The van der Waals surface area contributed by atoms with Gasteiger partial charge in [0.05, 0.1) is 5.69 Å². The predicted molar refractivity (Wildman–Crippen MR) is 36.9 cm³/mol. The van der Waals surface area contributed by atoms with E-state index in [2.05, 4.69) is 23.0 Å². The molecule has 0 unspecified atom stereocenters. The highest BCUT2D eigenvalue weighted by atomic mass is 15.4. The molecule has 2 N–H and O–H groups in total. The number of hydrogen-bond donors (Lipinski definition) is 2. The third kappa shape index (κ3) is 0.678. The summed E-state index contributed by atoms with van der Waals surface area (Å²) < 4.78 is 0. The molecule has 0 atom stereocenters. The third-order valence-electron chi connectivity index (χ3n) is 1.52. The second-order valence-corrected chi connectivity index (χ2v) is 2.14. The van der Waals surface area contributed by atoms with Crippen LogP contribution >= 0.6 is 0 Å². The van der Waals surface area contributed by atoms with Gasteiger partial charge in [-0.05, 0) is 11.6 Å². The summed E-state index contributed by atoms with van der Waals surface area (Å²) >= 11 is 0. The van der Waals surface area contributed by atoms with Crippen molar-refractivity contribution in [3.8, 4) is 0 Å². The highest BCUT2D eigenvalue weighted by Crippen LogP contribution is 2.17. The molecule has 0 aromatic heterocycles. The van der Waals surface area contributed by atoms with Gasteiger partial charge < -0.3 is 5.43 Å². The van der Waals surface area contributed by atoms with Gasteiger partial charge in [-0.15, -0.1) is 0 Å². The Morgan fingerprint density at radius 2 is 2.11 bits per heavy atom. The fourth-order valence-corrected chi connectivity index (χ4v) is 1.03. The van der Waals surface area contributed by atoms with E-state index in [1.165, 1.54) is 11.3 Å². The molecular weight excluding hydrogens is 112 g/mol. The SMILES string of the molecule is c1ccc2c(c1)CNN2. The summed E-state index contributed by atoms with van der Waals surface area (Å²) in [4.78, 5) is 0. The number of anilines is 1. The summed E-state index contributed by atoms with van der Waals surface area (Å²) in [6.45, 7) is 0.941. The second kappa shape index (κ2) is 1.74. The van der Waals surface area contributed by atoms with E-state index in [9.17, 15) is 0 Å². The standard InChI is InChI=1S/C7H8N2/c1-2-4-7-6(3-1)5-8-9-7/h1-4,8-9H,5H2. The summed E-state index contributed by atoms with van der Waals surface area (Å²) in [5.74, 6) is 0. The zero-order valence-electron chi connectivity index (χ0n) is 5.02. The first-order chi connectivity index (χ1) is 4.47. The Morgan fingerprint density at radius 1 is 1.22 bits per heavy atom. The van der Waals surface area contributed by atoms with Gasteiger partial charge in [0.25, 0.3) is 0 Å². The van der Waals surface area contributed by atoms with Crippen molar-refractivity contribution in [2.24, 2.45) is 0 Å². The summed E-state index contributed by atoms with van der Waals surface area (Å²) in [5, 5.41) is 0. The fraction of sp³-hybridized carbons (Fsp3) is 0.143. The van der Waals surface area contributed by atoms with E-state index >= 15 is 0 Å². The van der Waals surface area contributed by atoms with Gasteiger partial charge in [-0.2, -0.15) is 0 Å². The summed E-state index contributed by atoms with van der Waals surface area (Å²) in [6.07, 6.45) is 0. The van der Waals surface area contributed by atoms with Crippen LogP contribution in [0, 0.1) is 0 Å². The Labute approximate surface area is 53.9 Å². The monoisotopic (exact) mass is 120 g/mol. The molecule has 1 aliphatic heterocycles. The molecule has 2 rings (SSSR count). The lowest BCUT2D eigenvalue weighted by atomic mass is 10.2. The van der Waals surface area contributed by atoms with Crippen molar-refractivity contribution in [3.63, 3.8) is 0 Å². The first-order valence-corrected chi connectivity index (χ1v) is 3.03. The molecule has 2 nitrogen and oxygen atoms in total. The van der Waals surface area contributed by atoms with Crippen LogP contribution < -0.4 is 10.9 Å². The first-order valence-electron chi connectivity index (χ1n) is 3.03. The van der Waals surface area contributed by atoms with Crippen molar-refractivity contribution in [2.75, 3.05) is 5.43 Å². The minimum atomic E-state index is 0.941. The lowest BCUT2D eigenvalue weighted by molar-refractivity contribution is 0.860. The van der Waals surface area contributed by atoms with Crippen LogP contribution in [-0.2, 0) is 6.54 Å². The zero-order chi connectivity index (χ0) is 6.10. The number of benzene rings is 1. The molecule has 0 saturated heterocycles. The van der Waals surface area contributed by atoms with Crippen LogP contribution in [0.25, 0.3) is 0 Å². The molecule has 0 spiro atoms. The molecule has 0 bridgehead atoms. The largest absolute Gasteiger partial charge is 0.321 e. The normalized spacial score (nSPS) is 14.7. The van der Waals surface area contributed by atoms with Gasteiger partial charge >= 0.3 is 0 Å². The number of rotatable bonds is 0. The van der Waals surface area contributed by atoms with Crippen molar-refractivity contribution in [1.29, 1.82) is 0 Å². The average Bonchev–Trinajstić information content (AvgIpc) is 2.33. The van der Waals surface area contributed by atoms with E-state index in [-0.39, 0.29) is 0 Å². The van der Waals surface area contributed by atoms with Crippen LogP contribution in [0.15, 0.2) is 24.3 Å². The summed E-state index contributed by atoms with van der Waals surface area (Å²) in [5.41, 5.74) is 8.64. The maximum Gasteiger partial charge on any atom is 0.0533 e. The van der Waals surface area contributed by atoms with Crippen LogP contribution in [0.5, 0.6) is 0 Å². The van der Waals surface area contributed by atoms with Gasteiger partial charge in [0.15, 0.2) is 0 Å². The van der Waals surface area contributed by atoms with Crippen molar-refractivity contribution in [1.82, 2.24) is 5.43 Å². The number of fused-ring (bicyclic) bond motifs is 1. The van der Waals surface area contributed by atoms with E-state index in [0.717, 1.165) is 6.54 Å². The van der Waals surface area contributed by atoms with Gasteiger partial charge in [-0.1, -0.05) is 18.2 Å². The molecule has 46 valence electrons. The highest BCUT2D eigenvalue weighted by molar-refractivity contribution is 5.53. The molecule has 1 aliphatic rings. The maximum absolute atomic E-state index is 3.05. The molecule has 9 heavy (non-hydrogen) atoms. The Hall–Kier alpha value is -1.02. The molecule has 0 radical (unpaired) electrons. The lowest BCUT2D eigenvalue weighted by Crippen LogP contribution is -2.10. The first kappa shape index (κ1) is 4.82. The molecule has 0 amide bonds. The fourth-order valence-electron chi connectivity index (χ4n) is 1.03. The Kier molecular flexibility index (Phi) is 0.932. The lowest BCUT2D eigenvalue weighted by Gasteiger charge is -1.93. The maximum atomic E-state index is 3.05. The molecule has 2 heteroatoms. The summed E-state index contributed by atoms with van der Waals surface area (Å²) in [7, 11) is 0. The predicted octanol–water partition coefficient (Wildman–Crippen LogP) is 1.12. The van der Waals surface area contributed by atoms with Gasteiger partial charge in [-0.3, -0.25) is 0 Å². The van der Waals surface area contributed by atoms with E-state index in [1.807, 2.05) is 12.1 Å². The topological polar surface area (TPSA) is 24.1 Å². The van der Waals surface area contributed by atoms with E-state index in [4.69, 9.17) is 0 Å². The molecule has 0 fully saturated rings. The number of nitrogens with one attached hydrogen (secondary N) is 2. The molecule has 1 heterocycles. The van der Waals surface area contributed by atoms with E-state index < -0.39 is 0 Å². The van der Waals surface area contributed by atoms with Crippen molar-refractivity contribution in [2.45, 2.75) is 6.54 Å². The molecule has 0 aliphatic carbocycles. The van der Waals surface area contributed by atoms with Gasteiger partial charge in [0, 0.05) is 6.54 Å². The number of hydrogen-bond acceptors (Lipinski definition) is 2. The van der Waals surface area contributed by atoms with Gasteiger partial charge in [0.1, 0.15) is 0 Å². The van der Waals surface area contributed by atoms with Crippen molar-refractivity contribution >= 4 is 5.69 Å². The Balaban J connectivity index is 2.54. The van der Waals surface area contributed by atoms with Crippen molar-refractivity contribution in [3.05, 3.63) is 29.8 Å². The van der Waals surface area contributed by atoms with Crippen molar-refractivity contribution < 1.29 is 0 Å². The molecular formula is C7H8N2. The number of para-hydroxylation sites is 1. The minimum Gasteiger partial charge on any atom is -0.321 e. The van der Waals surface area contributed by atoms with Crippen LogP contribution in [0.4, 0.5) is 5.69 Å². The van der Waals surface area contributed by atoms with Crippen LogP contribution in [0.2, 0.25) is 0 Å². The minimum absolute atomic E-state index is 0.941. The highest BCUT2D eigenvalue weighted by Gasteiger charge is 2.05. The Morgan fingerprint density at radius 3 is 3.00 bits per heavy atom. The van der Waals surface area contributed by atoms with E-state index in [1.54, 1.807) is 0 Å². The number of hydrazine groups is 1. The average molecular weight is 120 g/mol.